The zero-order chi connectivity index (χ0) is 15.2. The van der Waals surface area contributed by atoms with Crippen molar-refractivity contribution in [2.24, 2.45) is 5.10 Å². The molecule has 4 nitrogen and oxygen atoms in total. The van der Waals surface area contributed by atoms with Crippen LogP contribution in [-0.2, 0) is 4.79 Å². The summed E-state index contributed by atoms with van der Waals surface area (Å²) in [5.74, 6) is -0.638. The van der Waals surface area contributed by atoms with E-state index < -0.39 is 12.0 Å². The minimum absolute atomic E-state index is 0.420. The summed E-state index contributed by atoms with van der Waals surface area (Å²) in [6, 6.07) is 13.6. The maximum Gasteiger partial charge on any atom is 0.273 e. The molecular weight excluding hydrogens is 311 g/mol. The number of nitrogens with one attached hydrogen (secondary N) is 1. The molecule has 0 aliphatic carbocycles. The molecule has 2 aromatic carbocycles. The van der Waals surface area contributed by atoms with Crippen molar-refractivity contribution in [1.82, 2.24) is 5.43 Å². The topological polar surface area (TPSA) is 61.7 Å². The third-order valence-electron chi connectivity index (χ3n) is 2.73. The maximum absolute atomic E-state index is 11.8. The third kappa shape index (κ3) is 4.04. The molecule has 21 heavy (non-hydrogen) atoms. The molecule has 2 N–H and O–H groups in total. The average molecular weight is 323 g/mol. The van der Waals surface area contributed by atoms with Crippen molar-refractivity contribution in [3.8, 4) is 0 Å². The van der Waals surface area contributed by atoms with Crippen molar-refractivity contribution in [2.75, 3.05) is 0 Å². The lowest BCUT2D eigenvalue weighted by Gasteiger charge is -2.08. The van der Waals surface area contributed by atoms with Crippen molar-refractivity contribution in [2.45, 2.75) is 6.10 Å². The summed E-state index contributed by atoms with van der Waals surface area (Å²) < 4.78 is 0. The van der Waals surface area contributed by atoms with Crippen LogP contribution in [0.25, 0.3) is 0 Å². The Balaban J connectivity index is 2.03. The molecule has 2 aromatic rings. The fourth-order valence-corrected chi connectivity index (χ4v) is 2.14. The van der Waals surface area contributed by atoms with E-state index in [4.69, 9.17) is 23.2 Å². The normalized spacial score (nSPS) is 12.3. The number of carbonyl (C=O) groups excluding carboxylic acids is 1. The number of nitrogens with zero attached hydrogens (tertiary/aromatic N) is 1. The van der Waals surface area contributed by atoms with Crippen LogP contribution in [-0.4, -0.2) is 17.2 Å². The summed E-state index contributed by atoms with van der Waals surface area (Å²) in [4.78, 5) is 11.8. The molecule has 0 bridgehead atoms. The minimum atomic E-state index is -1.29. The molecule has 0 heterocycles. The van der Waals surface area contributed by atoms with E-state index in [0.29, 0.717) is 21.2 Å². The first-order valence-corrected chi connectivity index (χ1v) is 6.85. The number of carbonyl (C=O) groups is 1. The number of aliphatic hydroxyl groups excluding tert-OH is 1. The van der Waals surface area contributed by atoms with Gasteiger partial charge in [-0.2, -0.15) is 5.10 Å². The second-order valence-electron chi connectivity index (χ2n) is 4.18. The second-order valence-corrected chi connectivity index (χ2v) is 5.00. The van der Waals surface area contributed by atoms with Gasteiger partial charge in [-0.1, -0.05) is 59.6 Å². The second kappa shape index (κ2) is 7.22. The molecule has 1 unspecified atom stereocenters. The van der Waals surface area contributed by atoms with Gasteiger partial charge in [0.15, 0.2) is 6.10 Å². The van der Waals surface area contributed by atoms with E-state index in [0.717, 1.165) is 0 Å². The molecule has 0 radical (unpaired) electrons. The van der Waals surface area contributed by atoms with E-state index in [2.05, 4.69) is 10.5 Å². The molecule has 0 fully saturated rings. The van der Waals surface area contributed by atoms with Gasteiger partial charge in [0.05, 0.1) is 16.3 Å². The first-order valence-electron chi connectivity index (χ1n) is 6.09. The van der Waals surface area contributed by atoms with Gasteiger partial charge < -0.3 is 5.11 Å². The number of rotatable bonds is 4. The van der Waals surface area contributed by atoms with Crippen LogP contribution in [0, 0.1) is 0 Å². The van der Waals surface area contributed by atoms with Gasteiger partial charge in [-0.25, -0.2) is 5.43 Å². The zero-order valence-electron chi connectivity index (χ0n) is 10.8. The highest BCUT2D eigenvalue weighted by Gasteiger charge is 2.16. The predicted octanol–water partition coefficient (Wildman–Crippen LogP) is 3.18. The molecule has 108 valence electrons. The van der Waals surface area contributed by atoms with Crippen LogP contribution in [0.5, 0.6) is 0 Å². The van der Waals surface area contributed by atoms with Crippen LogP contribution in [0.2, 0.25) is 10.0 Å². The molecule has 0 aliphatic heterocycles. The standard InChI is InChI=1S/C15H12Cl2N2O2/c16-12-7-4-8-13(17)11(12)9-18-19-15(21)14(20)10-5-2-1-3-6-10/h1-9,14,20H,(H,19,21). The average Bonchev–Trinajstić information content (AvgIpc) is 2.50. The van der Waals surface area contributed by atoms with Crippen LogP contribution in [0.4, 0.5) is 0 Å². The van der Waals surface area contributed by atoms with Crippen molar-refractivity contribution in [3.63, 3.8) is 0 Å². The lowest BCUT2D eigenvalue weighted by Crippen LogP contribution is -2.25. The number of aliphatic hydroxyl groups is 1. The highest BCUT2D eigenvalue weighted by molar-refractivity contribution is 6.38. The molecule has 1 atom stereocenters. The van der Waals surface area contributed by atoms with E-state index in [1.54, 1.807) is 48.5 Å². The van der Waals surface area contributed by atoms with Crippen molar-refractivity contribution >= 4 is 35.3 Å². The maximum atomic E-state index is 11.8. The number of hydrogen-bond donors (Lipinski definition) is 2. The number of hydrogen-bond acceptors (Lipinski definition) is 3. The fraction of sp³-hybridized carbons (Fsp3) is 0.0667. The minimum Gasteiger partial charge on any atom is -0.378 e. The highest BCUT2D eigenvalue weighted by Crippen LogP contribution is 2.22. The first kappa shape index (κ1) is 15.5. The highest BCUT2D eigenvalue weighted by atomic mass is 35.5. The first-order chi connectivity index (χ1) is 10.1. The summed E-state index contributed by atoms with van der Waals surface area (Å²) in [6.07, 6.45) is 0.0466. The fourth-order valence-electron chi connectivity index (χ4n) is 1.64. The summed E-state index contributed by atoms with van der Waals surface area (Å²) in [6.45, 7) is 0. The molecular formula is C15H12Cl2N2O2. The Kier molecular flexibility index (Phi) is 5.33. The van der Waals surface area contributed by atoms with Gasteiger partial charge in [-0.3, -0.25) is 4.79 Å². The van der Waals surface area contributed by atoms with E-state index >= 15 is 0 Å². The number of benzene rings is 2. The largest absolute Gasteiger partial charge is 0.378 e. The Labute approximate surface area is 132 Å². The predicted molar refractivity (Wildman–Crippen MR) is 83.6 cm³/mol. The van der Waals surface area contributed by atoms with Gasteiger partial charge in [0.2, 0.25) is 0 Å². The Bertz CT molecular complexity index is 640. The molecule has 0 aromatic heterocycles. The number of hydrazone groups is 1. The van der Waals surface area contributed by atoms with E-state index in [9.17, 15) is 9.90 Å². The van der Waals surface area contributed by atoms with E-state index in [-0.39, 0.29) is 0 Å². The number of halogens is 2. The molecule has 0 aliphatic rings. The SMILES string of the molecule is O=C(NN=Cc1c(Cl)cccc1Cl)C(O)c1ccccc1. The van der Waals surface area contributed by atoms with Crippen LogP contribution < -0.4 is 5.43 Å². The Morgan fingerprint density at radius 3 is 2.33 bits per heavy atom. The lowest BCUT2D eigenvalue weighted by atomic mass is 10.1. The van der Waals surface area contributed by atoms with Gasteiger partial charge in [0.25, 0.3) is 5.91 Å². The third-order valence-corrected chi connectivity index (χ3v) is 3.39. The summed E-state index contributed by atoms with van der Waals surface area (Å²) in [7, 11) is 0. The van der Waals surface area contributed by atoms with Crippen molar-refractivity contribution < 1.29 is 9.90 Å². The molecule has 6 heteroatoms. The van der Waals surface area contributed by atoms with Gasteiger partial charge >= 0.3 is 0 Å². The summed E-state index contributed by atoms with van der Waals surface area (Å²) in [5, 5.41) is 14.5. The van der Waals surface area contributed by atoms with Crippen LogP contribution in [0.3, 0.4) is 0 Å². The van der Waals surface area contributed by atoms with Gasteiger partial charge in [-0.05, 0) is 17.7 Å². The van der Waals surface area contributed by atoms with Gasteiger partial charge in [0.1, 0.15) is 0 Å². The quantitative estimate of drug-likeness (QED) is 0.670. The molecule has 2 rings (SSSR count). The molecule has 0 saturated carbocycles. The Morgan fingerprint density at radius 1 is 1.10 bits per heavy atom. The Morgan fingerprint density at radius 2 is 1.71 bits per heavy atom. The summed E-state index contributed by atoms with van der Waals surface area (Å²) >= 11 is 11.9. The van der Waals surface area contributed by atoms with Gasteiger partial charge in [0, 0.05) is 5.56 Å². The van der Waals surface area contributed by atoms with Crippen LogP contribution >= 0.6 is 23.2 Å². The molecule has 1 amide bonds. The molecule has 0 spiro atoms. The molecule has 0 saturated heterocycles. The van der Waals surface area contributed by atoms with Gasteiger partial charge in [-0.15, -0.1) is 0 Å². The monoisotopic (exact) mass is 322 g/mol. The Hall–Kier alpha value is -1.88. The van der Waals surface area contributed by atoms with Crippen LogP contribution in [0.15, 0.2) is 53.6 Å². The van der Waals surface area contributed by atoms with Crippen molar-refractivity contribution in [3.05, 3.63) is 69.7 Å². The zero-order valence-corrected chi connectivity index (χ0v) is 12.3. The van der Waals surface area contributed by atoms with E-state index in [1.165, 1.54) is 6.21 Å². The lowest BCUT2D eigenvalue weighted by molar-refractivity contribution is -0.129. The summed E-state index contributed by atoms with van der Waals surface area (Å²) in [5.41, 5.74) is 3.23. The number of amides is 1. The van der Waals surface area contributed by atoms with Crippen LogP contribution in [0.1, 0.15) is 17.2 Å². The smallest absolute Gasteiger partial charge is 0.273 e. The van der Waals surface area contributed by atoms with E-state index in [1.807, 2.05) is 0 Å². The van der Waals surface area contributed by atoms with Crippen molar-refractivity contribution in [1.29, 1.82) is 0 Å².